The predicted octanol–water partition coefficient (Wildman–Crippen LogP) is 1.76. The smallest absolute Gasteiger partial charge is 0.295 e. The second-order valence-electron chi connectivity index (χ2n) is 2.49. The lowest BCUT2D eigenvalue weighted by molar-refractivity contribution is -0.384. The van der Waals surface area contributed by atoms with Crippen LogP contribution in [0.5, 0.6) is 0 Å². The van der Waals surface area contributed by atoms with Crippen LogP contribution in [0, 0.1) is 28.7 Å². The Morgan fingerprint density at radius 3 is 2.54 bits per heavy atom. The number of hydrogen-bond acceptors (Lipinski definition) is 3. The summed E-state index contributed by atoms with van der Waals surface area (Å²) in [5.74, 6) is -2.42. The molecule has 0 saturated carbocycles. The molecule has 6 heteroatoms. The highest BCUT2D eigenvalue weighted by Gasteiger charge is 2.20. The van der Waals surface area contributed by atoms with Crippen molar-refractivity contribution in [3.63, 3.8) is 0 Å². The van der Waals surface area contributed by atoms with Crippen LogP contribution in [-0.2, 0) is 0 Å². The lowest BCUT2D eigenvalue weighted by Crippen LogP contribution is -2.02. The molecule has 0 aliphatic rings. The minimum absolute atomic E-state index is 0.244. The molecule has 1 aromatic rings. The van der Waals surface area contributed by atoms with Crippen molar-refractivity contribution in [2.24, 2.45) is 0 Å². The third kappa shape index (κ3) is 1.42. The summed E-state index contributed by atoms with van der Waals surface area (Å²) in [4.78, 5) is 9.42. The van der Waals surface area contributed by atoms with Gasteiger partial charge in [0.1, 0.15) is 5.69 Å². The summed E-state index contributed by atoms with van der Waals surface area (Å²) >= 11 is 0. The van der Waals surface area contributed by atoms with Crippen LogP contribution in [0.15, 0.2) is 6.07 Å². The fourth-order valence-electron chi connectivity index (χ4n) is 0.902. The first-order valence-corrected chi connectivity index (χ1v) is 3.33. The Morgan fingerprint density at radius 1 is 1.54 bits per heavy atom. The van der Waals surface area contributed by atoms with Crippen molar-refractivity contribution in [3.8, 4) is 0 Å². The van der Waals surface area contributed by atoms with Crippen LogP contribution < -0.4 is 5.73 Å². The van der Waals surface area contributed by atoms with Gasteiger partial charge < -0.3 is 5.73 Å². The molecule has 0 bridgehead atoms. The number of nitro groups is 1. The number of nitrogens with zero attached hydrogens (tertiary/aromatic N) is 1. The molecule has 0 atom stereocenters. The van der Waals surface area contributed by atoms with Gasteiger partial charge in [-0.1, -0.05) is 0 Å². The molecule has 0 aromatic heterocycles. The van der Waals surface area contributed by atoms with Crippen LogP contribution in [0.25, 0.3) is 0 Å². The van der Waals surface area contributed by atoms with E-state index in [9.17, 15) is 18.9 Å². The molecule has 13 heavy (non-hydrogen) atoms. The number of halogens is 2. The highest BCUT2D eigenvalue weighted by Crippen LogP contribution is 2.28. The molecule has 0 radical (unpaired) electrons. The number of rotatable bonds is 1. The van der Waals surface area contributed by atoms with Gasteiger partial charge in [-0.15, -0.1) is 0 Å². The summed E-state index contributed by atoms with van der Waals surface area (Å²) in [6.45, 7) is 1.18. The molecular formula is C7H6F2N2O2. The van der Waals surface area contributed by atoms with E-state index in [0.717, 1.165) is 0 Å². The van der Waals surface area contributed by atoms with Gasteiger partial charge in [0.25, 0.3) is 5.69 Å². The summed E-state index contributed by atoms with van der Waals surface area (Å²) in [6, 6.07) is 0.470. The van der Waals surface area contributed by atoms with Gasteiger partial charge in [0.2, 0.25) is 0 Å². The van der Waals surface area contributed by atoms with E-state index in [0.29, 0.717) is 6.07 Å². The van der Waals surface area contributed by atoms with Crippen LogP contribution in [0.4, 0.5) is 20.2 Å². The molecule has 0 amide bonds. The van der Waals surface area contributed by atoms with Gasteiger partial charge in [-0.05, 0) is 6.92 Å². The number of benzene rings is 1. The van der Waals surface area contributed by atoms with Gasteiger partial charge in [0.05, 0.1) is 11.0 Å². The maximum atomic E-state index is 12.8. The summed E-state index contributed by atoms with van der Waals surface area (Å²) in [7, 11) is 0. The average molecular weight is 188 g/mol. The Bertz CT molecular complexity index is 379. The van der Waals surface area contributed by atoms with Crippen molar-refractivity contribution >= 4 is 11.4 Å². The number of hydrogen-bond donors (Lipinski definition) is 1. The van der Waals surface area contributed by atoms with E-state index in [1.54, 1.807) is 0 Å². The van der Waals surface area contributed by atoms with Crippen LogP contribution >= 0.6 is 0 Å². The normalized spacial score (nSPS) is 10.1. The Labute approximate surface area is 72.1 Å². The number of nitrogen functional groups attached to an aromatic ring is 1. The third-order valence-corrected chi connectivity index (χ3v) is 1.68. The summed E-state index contributed by atoms with van der Waals surface area (Å²) in [6.07, 6.45) is 0. The highest BCUT2D eigenvalue weighted by molar-refractivity contribution is 5.63. The van der Waals surface area contributed by atoms with Crippen molar-refractivity contribution in [3.05, 3.63) is 33.4 Å². The molecule has 0 aliphatic carbocycles. The monoisotopic (exact) mass is 188 g/mol. The minimum Gasteiger partial charge on any atom is -0.393 e. The Hall–Kier alpha value is -1.72. The van der Waals surface area contributed by atoms with Crippen LogP contribution in [0.2, 0.25) is 0 Å². The SMILES string of the molecule is Cc1c(N)c([N+](=O)[O-])cc(F)c1F. The summed E-state index contributed by atoms with van der Waals surface area (Å²) < 4.78 is 25.4. The Balaban J connectivity index is 3.50. The molecule has 0 aliphatic heterocycles. The number of nitro benzene ring substituents is 1. The van der Waals surface area contributed by atoms with E-state index < -0.39 is 22.2 Å². The zero-order valence-corrected chi connectivity index (χ0v) is 6.67. The molecule has 1 aromatic carbocycles. The van der Waals surface area contributed by atoms with Crippen LogP contribution in [-0.4, -0.2) is 4.92 Å². The first-order chi connectivity index (χ1) is 5.95. The lowest BCUT2D eigenvalue weighted by atomic mass is 10.1. The molecule has 1 rings (SSSR count). The van der Waals surface area contributed by atoms with E-state index in [-0.39, 0.29) is 11.3 Å². The van der Waals surface area contributed by atoms with E-state index in [1.807, 2.05) is 0 Å². The quantitative estimate of drug-likeness (QED) is 0.414. The van der Waals surface area contributed by atoms with Crippen LogP contribution in [0.3, 0.4) is 0 Å². The zero-order valence-electron chi connectivity index (χ0n) is 6.67. The summed E-state index contributed by atoms with van der Waals surface area (Å²) in [5.41, 5.74) is 4.00. The van der Waals surface area contributed by atoms with Crippen molar-refractivity contribution in [2.75, 3.05) is 5.73 Å². The zero-order chi connectivity index (χ0) is 10.2. The van der Waals surface area contributed by atoms with E-state index in [4.69, 9.17) is 5.73 Å². The van der Waals surface area contributed by atoms with Gasteiger partial charge in [0.15, 0.2) is 11.6 Å². The topological polar surface area (TPSA) is 69.2 Å². The molecule has 70 valence electrons. The standard InChI is InChI=1S/C7H6F2N2O2/c1-3-6(9)4(8)2-5(7(3)10)11(12)13/h2H,10H2,1H3. The van der Waals surface area contributed by atoms with Crippen molar-refractivity contribution in [1.29, 1.82) is 0 Å². The van der Waals surface area contributed by atoms with Gasteiger partial charge in [-0.3, -0.25) is 10.1 Å². The largest absolute Gasteiger partial charge is 0.393 e. The molecule has 0 fully saturated rings. The molecule has 0 spiro atoms. The molecular weight excluding hydrogens is 182 g/mol. The first kappa shape index (κ1) is 9.37. The maximum absolute atomic E-state index is 12.8. The van der Waals surface area contributed by atoms with Gasteiger partial charge in [0, 0.05) is 5.56 Å². The van der Waals surface area contributed by atoms with Gasteiger partial charge in [-0.25, -0.2) is 8.78 Å². The molecule has 2 N–H and O–H groups in total. The van der Waals surface area contributed by atoms with E-state index >= 15 is 0 Å². The van der Waals surface area contributed by atoms with Crippen molar-refractivity contribution < 1.29 is 13.7 Å². The third-order valence-electron chi connectivity index (χ3n) is 1.68. The summed E-state index contributed by atoms with van der Waals surface area (Å²) in [5, 5.41) is 10.3. The fraction of sp³-hybridized carbons (Fsp3) is 0.143. The first-order valence-electron chi connectivity index (χ1n) is 3.33. The average Bonchev–Trinajstić information content (AvgIpc) is 2.07. The second kappa shape index (κ2) is 2.96. The van der Waals surface area contributed by atoms with Gasteiger partial charge >= 0.3 is 0 Å². The molecule has 4 nitrogen and oxygen atoms in total. The Kier molecular flexibility index (Phi) is 2.14. The molecule has 0 unspecified atom stereocenters. The number of anilines is 1. The number of nitrogens with two attached hydrogens (primary N) is 1. The lowest BCUT2D eigenvalue weighted by Gasteiger charge is -2.02. The minimum atomic E-state index is -1.27. The van der Waals surface area contributed by atoms with Crippen molar-refractivity contribution in [2.45, 2.75) is 6.92 Å². The van der Waals surface area contributed by atoms with Crippen molar-refractivity contribution in [1.82, 2.24) is 0 Å². The van der Waals surface area contributed by atoms with E-state index in [1.165, 1.54) is 6.92 Å². The van der Waals surface area contributed by atoms with Gasteiger partial charge in [-0.2, -0.15) is 0 Å². The predicted molar refractivity (Wildman–Crippen MR) is 42.2 cm³/mol. The highest BCUT2D eigenvalue weighted by atomic mass is 19.2. The maximum Gasteiger partial charge on any atom is 0.295 e. The van der Waals surface area contributed by atoms with E-state index in [2.05, 4.69) is 0 Å². The molecule has 0 heterocycles. The Morgan fingerprint density at radius 2 is 2.08 bits per heavy atom. The van der Waals surface area contributed by atoms with Crippen LogP contribution in [0.1, 0.15) is 5.56 Å². The fourth-order valence-corrected chi connectivity index (χ4v) is 0.902. The second-order valence-corrected chi connectivity index (χ2v) is 2.49. The molecule has 0 saturated heterocycles.